The topological polar surface area (TPSA) is 68.3 Å². The van der Waals surface area contributed by atoms with Crippen molar-refractivity contribution in [3.05, 3.63) is 0 Å². The van der Waals surface area contributed by atoms with Gasteiger partial charge in [-0.2, -0.15) is 0 Å². The Morgan fingerprint density at radius 3 is 2.58 bits per heavy atom. The molecule has 2 rings (SSSR count). The molecule has 0 bridgehead atoms. The number of carbonyl (C=O) groups is 2. The lowest BCUT2D eigenvalue weighted by Crippen LogP contribution is -2.73. The first-order valence-corrected chi connectivity index (χ1v) is 7.96. The smallest absolute Gasteiger partial charge is 0.412 e. The zero-order valence-corrected chi connectivity index (χ0v) is 15.2. The van der Waals surface area contributed by atoms with E-state index in [2.05, 4.69) is 5.92 Å². The van der Waals surface area contributed by atoms with E-state index in [1.54, 1.807) is 44.4 Å². The van der Waals surface area contributed by atoms with Crippen LogP contribution in [0.25, 0.3) is 0 Å². The zero-order valence-electron chi connectivity index (χ0n) is 15.2. The van der Waals surface area contributed by atoms with Gasteiger partial charge in [0.05, 0.1) is 25.2 Å². The van der Waals surface area contributed by atoms with Crippen LogP contribution in [0.15, 0.2) is 0 Å². The second-order valence-electron chi connectivity index (χ2n) is 7.49. The molecule has 7 nitrogen and oxygen atoms in total. The van der Waals surface area contributed by atoms with Crippen molar-refractivity contribution in [2.24, 2.45) is 0 Å². The minimum atomic E-state index is -0.842. The van der Waals surface area contributed by atoms with Gasteiger partial charge in [0.25, 0.3) is 5.91 Å². The van der Waals surface area contributed by atoms with Crippen LogP contribution in [0, 0.1) is 12.3 Å². The van der Waals surface area contributed by atoms with E-state index < -0.39 is 23.5 Å². The van der Waals surface area contributed by atoms with Gasteiger partial charge in [0.2, 0.25) is 0 Å². The van der Waals surface area contributed by atoms with Crippen LogP contribution in [0.5, 0.6) is 0 Å². The molecule has 0 spiro atoms. The number of β-lactam (4-membered cyclic amide) rings is 1. The number of likely N-dealkylation sites (tertiary alicyclic amines) is 1. The van der Waals surface area contributed by atoms with Gasteiger partial charge in [-0.25, -0.2) is 4.79 Å². The van der Waals surface area contributed by atoms with Crippen molar-refractivity contribution in [3.8, 4) is 12.3 Å². The molecule has 0 saturated carbocycles. The summed E-state index contributed by atoms with van der Waals surface area (Å²) >= 11 is 0. The van der Waals surface area contributed by atoms with Crippen molar-refractivity contribution in [2.75, 3.05) is 20.3 Å². The van der Waals surface area contributed by atoms with Gasteiger partial charge in [-0.05, 0) is 34.6 Å². The maximum Gasteiger partial charge on any atom is 0.412 e. The molecule has 7 heteroatoms. The predicted molar refractivity (Wildman–Crippen MR) is 87.0 cm³/mol. The number of ether oxygens (including phenoxy) is 3. The monoisotopic (exact) mass is 338 g/mol. The molecule has 0 aromatic rings. The minimum Gasteiger partial charge on any atom is -0.444 e. The van der Waals surface area contributed by atoms with E-state index in [4.69, 9.17) is 20.6 Å². The summed E-state index contributed by atoms with van der Waals surface area (Å²) in [5, 5.41) is 0. The van der Waals surface area contributed by atoms with Crippen LogP contribution < -0.4 is 0 Å². The van der Waals surface area contributed by atoms with Gasteiger partial charge in [0, 0.05) is 7.11 Å². The lowest BCUT2D eigenvalue weighted by atomic mass is 9.90. The van der Waals surface area contributed by atoms with Gasteiger partial charge >= 0.3 is 6.09 Å². The van der Waals surface area contributed by atoms with Gasteiger partial charge in [-0.1, -0.05) is 5.92 Å². The van der Waals surface area contributed by atoms with Gasteiger partial charge in [-0.3, -0.25) is 9.69 Å². The van der Waals surface area contributed by atoms with Gasteiger partial charge in [0.15, 0.2) is 6.10 Å². The highest BCUT2D eigenvalue weighted by molar-refractivity contribution is 5.89. The molecule has 0 N–H and O–H groups in total. The second-order valence-corrected chi connectivity index (χ2v) is 7.49. The largest absolute Gasteiger partial charge is 0.444 e. The highest BCUT2D eigenvalue weighted by Crippen LogP contribution is 2.37. The zero-order chi connectivity index (χ0) is 18.3. The van der Waals surface area contributed by atoms with Crippen molar-refractivity contribution in [2.45, 2.75) is 64.1 Å². The molecule has 2 heterocycles. The van der Waals surface area contributed by atoms with Crippen molar-refractivity contribution in [3.63, 3.8) is 0 Å². The van der Waals surface area contributed by atoms with Gasteiger partial charge in [0.1, 0.15) is 11.3 Å². The van der Waals surface area contributed by atoms with Crippen molar-refractivity contribution < 1.29 is 23.8 Å². The van der Waals surface area contributed by atoms with E-state index in [1.807, 2.05) is 0 Å². The van der Waals surface area contributed by atoms with E-state index in [9.17, 15) is 9.59 Å². The van der Waals surface area contributed by atoms with Crippen LogP contribution in [-0.4, -0.2) is 71.6 Å². The number of hydrogen-bond donors (Lipinski definition) is 0. The number of amides is 2. The van der Waals surface area contributed by atoms with Crippen LogP contribution in [0.4, 0.5) is 4.79 Å². The van der Waals surface area contributed by atoms with Crippen LogP contribution in [0.2, 0.25) is 0 Å². The van der Waals surface area contributed by atoms with Gasteiger partial charge in [-0.15, -0.1) is 6.42 Å². The molecule has 0 aromatic carbocycles. The summed E-state index contributed by atoms with van der Waals surface area (Å²) in [6.45, 7) is 9.46. The number of carbonyl (C=O) groups excluding carboxylic acids is 2. The fraction of sp³-hybridized carbons (Fsp3) is 0.765. The van der Waals surface area contributed by atoms with E-state index in [0.29, 0.717) is 0 Å². The average Bonchev–Trinajstić information content (AvgIpc) is 2.74. The number of terminal acetylenes is 1. The molecule has 134 valence electrons. The van der Waals surface area contributed by atoms with Crippen LogP contribution >= 0.6 is 0 Å². The molecule has 2 amide bonds. The Morgan fingerprint density at radius 2 is 2.08 bits per heavy atom. The third-order valence-corrected chi connectivity index (χ3v) is 4.22. The summed E-state index contributed by atoms with van der Waals surface area (Å²) in [7, 11) is 1.47. The number of rotatable bonds is 3. The van der Waals surface area contributed by atoms with E-state index in [0.717, 1.165) is 0 Å². The Hall–Kier alpha value is -1.78. The lowest BCUT2D eigenvalue weighted by molar-refractivity contribution is -0.174. The van der Waals surface area contributed by atoms with E-state index in [1.165, 1.54) is 7.11 Å². The molecule has 2 aliphatic rings. The summed E-state index contributed by atoms with van der Waals surface area (Å²) in [5.74, 6) is 2.30. The Balaban J connectivity index is 2.28. The third kappa shape index (κ3) is 3.21. The Bertz CT molecular complexity index is 560. The standard InChI is InChI=1S/C17H26N2O5/c1-8-9-18-12(13(22-7)14(18)20)11-10-23-17(5,6)19(11)15(21)24-16(2,3)4/h1,11-13H,9-10H2,2-7H3/t11-,12+,13-/m0/s1. The predicted octanol–water partition coefficient (Wildman–Crippen LogP) is 1.22. The number of hydrogen-bond acceptors (Lipinski definition) is 5. The van der Waals surface area contributed by atoms with E-state index >= 15 is 0 Å². The second kappa shape index (κ2) is 6.26. The van der Waals surface area contributed by atoms with Crippen molar-refractivity contribution in [1.82, 2.24) is 9.80 Å². The molecule has 0 aromatic heterocycles. The summed E-state index contributed by atoms with van der Waals surface area (Å²) in [6.07, 6.45) is 4.24. The Labute approximate surface area is 143 Å². The minimum absolute atomic E-state index is 0.169. The summed E-state index contributed by atoms with van der Waals surface area (Å²) in [6, 6.07) is -0.737. The summed E-state index contributed by atoms with van der Waals surface area (Å²) in [5.41, 5.74) is -1.47. The third-order valence-electron chi connectivity index (χ3n) is 4.22. The number of methoxy groups -OCH3 is 1. The molecule has 0 unspecified atom stereocenters. The van der Waals surface area contributed by atoms with E-state index in [-0.39, 0.29) is 31.1 Å². The maximum atomic E-state index is 12.7. The molecule has 3 atom stereocenters. The normalized spacial score (nSPS) is 29.2. The molecule has 2 saturated heterocycles. The highest BCUT2D eigenvalue weighted by Gasteiger charge is 2.58. The molecule has 0 radical (unpaired) electrons. The van der Waals surface area contributed by atoms with Crippen molar-refractivity contribution in [1.29, 1.82) is 0 Å². The molecule has 0 aliphatic carbocycles. The average molecular weight is 338 g/mol. The lowest BCUT2D eigenvalue weighted by Gasteiger charge is -2.50. The van der Waals surface area contributed by atoms with Crippen molar-refractivity contribution >= 4 is 12.0 Å². The van der Waals surface area contributed by atoms with Crippen LogP contribution in [0.3, 0.4) is 0 Å². The van der Waals surface area contributed by atoms with Crippen LogP contribution in [-0.2, 0) is 19.0 Å². The SMILES string of the molecule is C#CCN1C(=O)[C@@H](OC)[C@H]1[C@@H]1COC(C)(C)N1C(=O)OC(C)(C)C. The van der Waals surface area contributed by atoms with Gasteiger partial charge < -0.3 is 19.1 Å². The van der Waals surface area contributed by atoms with Crippen LogP contribution in [0.1, 0.15) is 34.6 Å². The fourth-order valence-corrected chi connectivity index (χ4v) is 3.22. The Kier molecular flexibility index (Phi) is 4.84. The maximum absolute atomic E-state index is 12.7. The first-order valence-electron chi connectivity index (χ1n) is 7.96. The highest BCUT2D eigenvalue weighted by atomic mass is 16.6. The first-order chi connectivity index (χ1) is 11.0. The molecule has 24 heavy (non-hydrogen) atoms. The first kappa shape index (κ1) is 18.6. The number of nitrogens with zero attached hydrogens (tertiary/aromatic N) is 2. The summed E-state index contributed by atoms with van der Waals surface area (Å²) < 4.78 is 16.6. The Morgan fingerprint density at radius 1 is 1.46 bits per heavy atom. The molecular weight excluding hydrogens is 312 g/mol. The molecule has 2 fully saturated rings. The molecule has 2 aliphatic heterocycles. The molecular formula is C17H26N2O5. The quantitative estimate of drug-likeness (QED) is 0.572. The fourth-order valence-electron chi connectivity index (χ4n) is 3.22. The summed E-state index contributed by atoms with van der Waals surface area (Å²) in [4.78, 5) is 27.9.